The first kappa shape index (κ1) is 16.1. The molecule has 5 heteroatoms. The van der Waals surface area contributed by atoms with Gasteiger partial charge in [0.25, 0.3) is 0 Å². The summed E-state index contributed by atoms with van der Waals surface area (Å²) in [4.78, 5) is 25.3. The number of carboxylic acid groups (broad SMARTS) is 1. The second-order valence-electron chi connectivity index (χ2n) is 5.45. The molecule has 5 nitrogen and oxygen atoms in total. The molecule has 1 aliphatic rings. The van der Waals surface area contributed by atoms with Gasteiger partial charge in [0.05, 0.1) is 0 Å². The molecule has 0 saturated carbocycles. The highest BCUT2D eigenvalue weighted by atomic mass is 16.4. The third-order valence-corrected chi connectivity index (χ3v) is 3.86. The standard InChI is InChI=1S/C17H21NO4/c1-2-3-4-5-6-15(20)18-10-9-12-7-8-13(19)11-14(12)16(18)17(21)22/h5-8,11,16,19H,2-4,9-10H2,1H3,(H,21,22). The first-order valence-electron chi connectivity index (χ1n) is 7.56. The van der Waals surface area contributed by atoms with Crippen LogP contribution >= 0.6 is 0 Å². The number of unbranched alkanes of at least 4 members (excludes halogenated alkanes) is 2. The predicted molar refractivity (Wildman–Crippen MR) is 82.6 cm³/mol. The van der Waals surface area contributed by atoms with Gasteiger partial charge in [-0.3, -0.25) is 4.79 Å². The number of carbonyl (C=O) groups is 2. The second-order valence-corrected chi connectivity index (χ2v) is 5.45. The molecule has 118 valence electrons. The summed E-state index contributed by atoms with van der Waals surface area (Å²) in [6.07, 6.45) is 6.71. The fourth-order valence-electron chi connectivity index (χ4n) is 2.71. The van der Waals surface area contributed by atoms with Gasteiger partial charge in [0, 0.05) is 6.54 Å². The van der Waals surface area contributed by atoms with Crippen LogP contribution < -0.4 is 0 Å². The van der Waals surface area contributed by atoms with E-state index in [2.05, 4.69) is 6.92 Å². The van der Waals surface area contributed by atoms with E-state index < -0.39 is 12.0 Å². The Morgan fingerprint density at radius 3 is 2.86 bits per heavy atom. The van der Waals surface area contributed by atoms with E-state index in [9.17, 15) is 19.8 Å². The highest BCUT2D eigenvalue weighted by Crippen LogP contribution is 2.32. The van der Waals surface area contributed by atoms with Crippen molar-refractivity contribution in [1.29, 1.82) is 0 Å². The van der Waals surface area contributed by atoms with Crippen molar-refractivity contribution >= 4 is 11.9 Å². The zero-order valence-electron chi connectivity index (χ0n) is 12.7. The number of nitrogens with zero attached hydrogens (tertiary/aromatic N) is 1. The minimum atomic E-state index is -1.08. The van der Waals surface area contributed by atoms with Crippen molar-refractivity contribution in [2.24, 2.45) is 0 Å². The van der Waals surface area contributed by atoms with Crippen molar-refractivity contribution < 1.29 is 19.8 Å². The van der Waals surface area contributed by atoms with Crippen LogP contribution in [-0.2, 0) is 16.0 Å². The fraction of sp³-hybridized carbons (Fsp3) is 0.412. The van der Waals surface area contributed by atoms with Gasteiger partial charge < -0.3 is 15.1 Å². The fourth-order valence-corrected chi connectivity index (χ4v) is 2.71. The van der Waals surface area contributed by atoms with E-state index in [0.717, 1.165) is 24.8 Å². The van der Waals surface area contributed by atoms with Crippen molar-refractivity contribution in [3.05, 3.63) is 41.5 Å². The monoisotopic (exact) mass is 303 g/mol. The van der Waals surface area contributed by atoms with E-state index >= 15 is 0 Å². The summed E-state index contributed by atoms with van der Waals surface area (Å²) < 4.78 is 0. The number of amides is 1. The van der Waals surface area contributed by atoms with E-state index in [1.807, 2.05) is 0 Å². The van der Waals surface area contributed by atoms with E-state index in [0.29, 0.717) is 18.5 Å². The number of benzene rings is 1. The molecule has 0 saturated heterocycles. The number of rotatable bonds is 5. The van der Waals surface area contributed by atoms with Gasteiger partial charge in [-0.1, -0.05) is 31.9 Å². The van der Waals surface area contributed by atoms with Crippen molar-refractivity contribution in [3.63, 3.8) is 0 Å². The Morgan fingerprint density at radius 1 is 1.41 bits per heavy atom. The third-order valence-electron chi connectivity index (χ3n) is 3.86. The number of carboxylic acids is 1. The first-order valence-corrected chi connectivity index (χ1v) is 7.56. The van der Waals surface area contributed by atoms with Crippen LogP contribution in [0.4, 0.5) is 0 Å². The maximum absolute atomic E-state index is 12.3. The number of phenols is 1. The molecule has 2 rings (SSSR count). The Labute approximate surface area is 129 Å². The summed E-state index contributed by atoms with van der Waals surface area (Å²) in [7, 11) is 0. The van der Waals surface area contributed by atoms with Crippen LogP contribution in [0.25, 0.3) is 0 Å². The minimum absolute atomic E-state index is 0.0118. The normalized spacial score (nSPS) is 17.5. The first-order chi connectivity index (χ1) is 10.5. The quantitative estimate of drug-likeness (QED) is 0.647. The Bertz CT molecular complexity index is 594. The number of carbonyl (C=O) groups excluding carboxylic acids is 1. The van der Waals surface area contributed by atoms with Crippen LogP contribution in [0.1, 0.15) is 43.4 Å². The van der Waals surface area contributed by atoms with Crippen LogP contribution in [0.2, 0.25) is 0 Å². The molecule has 0 bridgehead atoms. The molecule has 2 N–H and O–H groups in total. The Kier molecular flexibility index (Phi) is 5.20. The van der Waals surface area contributed by atoms with Crippen LogP contribution in [0.3, 0.4) is 0 Å². The van der Waals surface area contributed by atoms with Crippen molar-refractivity contribution in [3.8, 4) is 5.75 Å². The number of fused-ring (bicyclic) bond motifs is 1. The van der Waals surface area contributed by atoms with Crippen molar-refractivity contribution in [2.45, 2.75) is 38.6 Å². The summed E-state index contributed by atoms with van der Waals surface area (Å²) in [5.41, 5.74) is 1.36. The number of hydrogen-bond donors (Lipinski definition) is 2. The molecule has 0 fully saturated rings. The SMILES string of the molecule is CCCCC=CC(=O)N1CCc2ccc(O)cc2C1C(=O)O. The van der Waals surface area contributed by atoms with Gasteiger partial charge in [-0.15, -0.1) is 0 Å². The topological polar surface area (TPSA) is 77.8 Å². The molecule has 1 atom stereocenters. The smallest absolute Gasteiger partial charge is 0.331 e. The lowest BCUT2D eigenvalue weighted by atomic mass is 9.92. The molecule has 1 aromatic rings. The van der Waals surface area contributed by atoms with Gasteiger partial charge in [0.1, 0.15) is 5.75 Å². The van der Waals surface area contributed by atoms with Crippen molar-refractivity contribution in [1.82, 2.24) is 4.90 Å². The zero-order chi connectivity index (χ0) is 16.1. The molecule has 0 aliphatic carbocycles. The maximum Gasteiger partial charge on any atom is 0.331 e. The molecule has 0 aromatic heterocycles. The molecule has 1 unspecified atom stereocenters. The van der Waals surface area contributed by atoms with Crippen LogP contribution in [0.15, 0.2) is 30.4 Å². The van der Waals surface area contributed by atoms with E-state index in [1.54, 1.807) is 18.2 Å². The number of phenolic OH excluding ortho intramolecular Hbond substituents is 1. The molecule has 1 heterocycles. The highest BCUT2D eigenvalue weighted by Gasteiger charge is 2.35. The Hall–Kier alpha value is -2.30. The summed E-state index contributed by atoms with van der Waals surface area (Å²) in [5, 5.41) is 19.1. The number of aliphatic carboxylic acids is 1. The minimum Gasteiger partial charge on any atom is -0.508 e. The maximum atomic E-state index is 12.3. The van der Waals surface area contributed by atoms with Gasteiger partial charge in [-0.2, -0.15) is 0 Å². The summed E-state index contributed by atoms with van der Waals surface area (Å²) in [6.45, 7) is 2.44. The third kappa shape index (κ3) is 3.47. The average molecular weight is 303 g/mol. The number of hydrogen-bond acceptors (Lipinski definition) is 3. The summed E-state index contributed by atoms with van der Waals surface area (Å²) in [5.74, 6) is -1.36. The van der Waals surface area contributed by atoms with Crippen LogP contribution in [0.5, 0.6) is 5.75 Å². The highest BCUT2D eigenvalue weighted by molar-refractivity contribution is 5.92. The summed E-state index contributed by atoms with van der Waals surface area (Å²) >= 11 is 0. The van der Waals surface area contributed by atoms with Gasteiger partial charge in [-0.05, 0) is 42.2 Å². The molecular formula is C17H21NO4. The van der Waals surface area contributed by atoms with Gasteiger partial charge in [0.15, 0.2) is 6.04 Å². The summed E-state index contributed by atoms with van der Waals surface area (Å²) in [6, 6.07) is 3.66. The zero-order valence-corrected chi connectivity index (χ0v) is 12.7. The second kappa shape index (κ2) is 7.11. The molecular weight excluding hydrogens is 282 g/mol. The number of aromatic hydroxyl groups is 1. The molecule has 1 amide bonds. The van der Waals surface area contributed by atoms with Crippen molar-refractivity contribution in [2.75, 3.05) is 6.54 Å². The lowest BCUT2D eigenvalue weighted by Gasteiger charge is -2.34. The van der Waals surface area contributed by atoms with Crippen LogP contribution in [-0.4, -0.2) is 33.5 Å². The van der Waals surface area contributed by atoms with E-state index in [1.165, 1.54) is 17.0 Å². The van der Waals surface area contributed by atoms with E-state index in [4.69, 9.17) is 0 Å². The van der Waals surface area contributed by atoms with Gasteiger partial charge in [0.2, 0.25) is 5.91 Å². The number of allylic oxidation sites excluding steroid dienone is 1. The largest absolute Gasteiger partial charge is 0.508 e. The Morgan fingerprint density at radius 2 is 2.18 bits per heavy atom. The molecule has 0 radical (unpaired) electrons. The molecule has 1 aliphatic heterocycles. The lowest BCUT2D eigenvalue weighted by Crippen LogP contribution is -2.42. The molecule has 0 spiro atoms. The lowest BCUT2D eigenvalue weighted by molar-refractivity contribution is -0.149. The molecule has 22 heavy (non-hydrogen) atoms. The predicted octanol–water partition coefficient (Wildman–Crippen LogP) is 2.65. The van der Waals surface area contributed by atoms with Gasteiger partial charge in [-0.25, -0.2) is 4.79 Å². The van der Waals surface area contributed by atoms with Gasteiger partial charge >= 0.3 is 5.97 Å². The Balaban J connectivity index is 2.24. The van der Waals surface area contributed by atoms with E-state index in [-0.39, 0.29) is 11.7 Å². The van der Waals surface area contributed by atoms with Crippen LogP contribution in [0, 0.1) is 0 Å². The average Bonchev–Trinajstić information content (AvgIpc) is 2.49. The molecule has 1 aromatic carbocycles.